The summed E-state index contributed by atoms with van der Waals surface area (Å²) in [5.41, 5.74) is 0.541. The maximum absolute atomic E-state index is 7.59. The maximum Gasteiger partial charge on any atom is 0.233 e. The van der Waals surface area contributed by atoms with Gasteiger partial charge in [-0.2, -0.15) is 0 Å². The highest BCUT2D eigenvalue weighted by molar-refractivity contribution is 5.18. The molecule has 3 aliphatic carbocycles. The summed E-state index contributed by atoms with van der Waals surface area (Å²) in [4.78, 5) is 4.05. The van der Waals surface area contributed by atoms with Crippen LogP contribution in [0.25, 0.3) is 4.85 Å². The third kappa shape index (κ3) is 1.36. The zero-order chi connectivity index (χ0) is 12.4. The van der Waals surface area contributed by atoms with Gasteiger partial charge in [0.2, 0.25) is 5.54 Å². The number of rotatable bonds is 1. The van der Waals surface area contributed by atoms with Crippen molar-refractivity contribution in [2.24, 2.45) is 35.0 Å². The summed E-state index contributed by atoms with van der Waals surface area (Å²) in [6, 6.07) is 0. The smallest absolute Gasteiger partial charge is 0.233 e. The Morgan fingerprint density at radius 1 is 1.18 bits per heavy atom. The SMILES string of the molecule is [C-]#[N+][C@@]1(C)CC2C(C(C)C)CC3(C)CC1CC23. The molecule has 0 aromatic carbocycles. The van der Waals surface area contributed by atoms with Gasteiger partial charge in [0, 0.05) is 19.3 Å². The van der Waals surface area contributed by atoms with E-state index >= 15 is 0 Å². The predicted octanol–water partition coefficient (Wildman–Crippen LogP) is 4.39. The van der Waals surface area contributed by atoms with E-state index in [0.717, 1.165) is 23.7 Å². The van der Waals surface area contributed by atoms with Gasteiger partial charge >= 0.3 is 0 Å². The molecule has 0 aromatic rings. The van der Waals surface area contributed by atoms with Gasteiger partial charge in [-0.1, -0.05) is 20.8 Å². The fourth-order valence-electron chi connectivity index (χ4n) is 5.58. The van der Waals surface area contributed by atoms with Gasteiger partial charge in [0.15, 0.2) is 0 Å². The van der Waals surface area contributed by atoms with E-state index in [0.29, 0.717) is 11.3 Å². The van der Waals surface area contributed by atoms with E-state index in [1.807, 2.05) is 0 Å². The third-order valence-corrected chi connectivity index (χ3v) is 6.56. The second-order valence-corrected chi connectivity index (χ2v) is 7.85. The van der Waals surface area contributed by atoms with Crippen molar-refractivity contribution in [2.45, 2.75) is 58.9 Å². The van der Waals surface area contributed by atoms with Crippen molar-refractivity contribution >= 4 is 0 Å². The first-order valence-electron chi connectivity index (χ1n) is 7.28. The minimum Gasteiger partial charge on any atom is -0.310 e. The molecule has 0 aliphatic heterocycles. The van der Waals surface area contributed by atoms with Gasteiger partial charge in [-0.25, -0.2) is 6.57 Å². The highest BCUT2D eigenvalue weighted by Gasteiger charge is 2.66. The average molecular weight is 231 g/mol. The van der Waals surface area contributed by atoms with Crippen LogP contribution in [0.1, 0.15) is 53.4 Å². The van der Waals surface area contributed by atoms with Crippen molar-refractivity contribution in [3.8, 4) is 0 Å². The number of fused-ring (bicyclic) bond motifs is 1. The van der Waals surface area contributed by atoms with Gasteiger partial charge in [-0.05, 0) is 48.3 Å². The second-order valence-electron chi connectivity index (χ2n) is 7.85. The lowest BCUT2D eigenvalue weighted by atomic mass is 9.66. The van der Waals surface area contributed by atoms with Crippen LogP contribution >= 0.6 is 0 Å². The maximum atomic E-state index is 7.59. The topological polar surface area (TPSA) is 4.36 Å². The van der Waals surface area contributed by atoms with E-state index in [4.69, 9.17) is 6.57 Å². The summed E-state index contributed by atoms with van der Waals surface area (Å²) in [7, 11) is 0. The molecule has 1 heteroatoms. The van der Waals surface area contributed by atoms with Crippen molar-refractivity contribution in [2.75, 3.05) is 0 Å². The number of hydrogen-bond acceptors (Lipinski definition) is 0. The predicted molar refractivity (Wildman–Crippen MR) is 70.4 cm³/mol. The van der Waals surface area contributed by atoms with Crippen LogP contribution in [0, 0.1) is 41.6 Å². The molecule has 1 nitrogen and oxygen atoms in total. The standard InChI is InChI=1S/C16H25N/c1-10(2)12-8-15(3)7-11-6-14(15)13(12)9-16(11,4)17-5/h10-14H,6-9H2,1-4H3/t11?,12?,13?,14?,15?,16-/m0/s1. The van der Waals surface area contributed by atoms with Gasteiger partial charge in [-0.15, -0.1) is 0 Å². The fraction of sp³-hybridized carbons (Fsp3) is 0.938. The minimum atomic E-state index is -0.0352. The molecule has 0 heterocycles. The quantitative estimate of drug-likeness (QED) is 0.589. The normalized spacial score (nSPS) is 56.2. The first kappa shape index (κ1) is 11.6. The van der Waals surface area contributed by atoms with Gasteiger partial charge in [0.1, 0.15) is 0 Å². The summed E-state index contributed by atoms with van der Waals surface area (Å²) in [5, 5.41) is 0. The van der Waals surface area contributed by atoms with Crippen LogP contribution in [-0.4, -0.2) is 5.54 Å². The van der Waals surface area contributed by atoms with Crippen LogP contribution in [0.5, 0.6) is 0 Å². The summed E-state index contributed by atoms with van der Waals surface area (Å²) in [5.74, 6) is 4.16. The Bertz CT molecular complexity index is 379. The molecule has 5 unspecified atom stereocenters. The summed E-state index contributed by atoms with van der Waals surface area (Å²) < 4.78 is 0. The lowest BCUT2D eigenvalue weighted by Crippen LogP contribution is -2.40. The van der Waals surface area contributed by atoms with Crippen molar-refractivity contribution in [1.82, 2.24) is 0 Å². The monoisotopic (exact) mass is 231 g/mol. The molecule has 0 saturated heterocycles. The molecule has 0 aromatic heterocycles. The van der Waals surface area contributed by atoms with E-state index in [2.05, 4.69) is 32.5 Å². The molecule has 2 bridgehead atoms. The van der Waals surface area contributed by atoms with Gasteiger partial charge in [-0.3, -0.25) is 0 Å². The van der Waals surface area contributed by atoms with Crippen LogP contribution in [-0.2, 0) is 0 Å². The van der Waals surface area contributed by atoms with Gasteiger partial charge in [0.05, 0.1) is 0 Å². The first-order valence-corrected chi connectivity index (χ1v) is 7.28. The Labute approximate surface area is 106 Å². The Hall–Kier alpha value is -0.510. The van der Waals surface area contributed by atoms with E-state index in [1.165, 1.54) is 25.7 Å². The highest BCUT2D eigenvalue weighted by atomic mass is 14.9. The molecule has 17 heavy (non-hydrogen) atoms. The lowest BCUT2D eigenvalue weighted by molar-refractivity contribution is 0.129. The van der Waals surface area contributed by atoms with Crippen molar-refractivity contribution in [3.63, 3.8) is 0 Å². The molecular weight excluding hydrogens is 206 g/mol. The molecule has 0 N–H and O–H groups in total. The molecule has 0 spiro atoms. The lowest BCUT2D eigenvalue weighted by Gasteiger charge is -2.38. The number of hydrogen-bond donors (Lipinski definition) is 0. The Kier molecular flexibility index (Phi) is 2.23. The molecule has 94 valence electrons. The highest BCUT2D eigenvalue weighted by Crippen LogP contribution is 2.69. The zero-order valence-electron chi connectivity index (χ0n) is 11.7. The molecule has 3 saturated carbocycles. The Morgan fingerprint density at radius 3 is 2.47 bits per heavy atom. The molecule has 0 amide bonds. The summed E-state index contributed by atoms with van der Waals surface area (Å²) in [6.07, 6.45) is 5.30. The Morgan fingerprint density at radius 2 is 1.88 bits per heavy atom. The summed E-state index contributed by atoms with van der Waals surface area (Å²) >= 11 is 0. The zero-order valence-corrected chi connectivity index (χ0v) is 11.7. The van der Waals surface area contributed by atoms with Crippen LogP contribution in [0.15, 0.2) is 0 Å². The largest absolute Gasteiger partial charge is 0.310 e. The minimum absolute atomic E-state index is 0.0352. The van der Waals surface area contributed by atoms with E-state index in [1.54, 1.807) is 0 Å². The van der Waals surface area contributed by atoms with Crippen molar-refractivity contribution in [1.29, 1.82) is 0 Å². The van der Waals surface area contributed by atoms with Gasteiger partial charge in [0.25, 0.3) is 0 Å². The molecule has 3 rings (SSSR count). The average Bonchev–Trinajstić information content (AvgIpc) is 2.69. The molecular formula is C16H25N. The van der Waals surface area contributed by atoms with Crippen LogP contribution in [0.3, 0.4) is 0 Å². The van der Waals surface area contributed by atoms with E-state index in [-0.39, 0.29) is 5.54 Å². The van der Waals surface area contributed by atoms with Crippen LogP contribution in [0.4, 0.5) is 0 Å². The number of nitrogens with zero attached hydrogens (tertiary/aromatic N) is 1. The molecule has 6 atom stereocenters. The molecule has 3 fully saturated rings. The van der Waals surface area contributed by atoms with Gasteiger partial charge < -0.3 is 4.85 Å². The van der Waals surface area contributed by atoms with Crippen molar-refractivity contribution in [3.05, 3.63) is 11.4 Å². The van der Waals surface area contributed by atoms with Crippen LogP contribution < -0.4 is 0 Å². The van der Waals surface area contributed by atoms with Crippen LogP contribution in [0.2, 0.25) is 0 Å². The second kappa shape index (κ2) is 3.28. The summed E-state index contributed by atoms with van der Waals surface area (Å²) in [6.45, 7) is 17.1. The fourth-order valence-corrected chi connectivity index (χ4v) is 5.58. The molecule has 3 aliphatic rings. The van der Waals surface area contributed by atoms with E-state index in [9.17, 15) is 0 Å². The Balaban J connectivity index is 1.99. The third-order valence-electron chi connectivity index (χ3n) is 6.56. The molecule has 0 radical (unpaired) electrons. The first-order chi connectivity index (χ1) is 7.89. The van der Waals surface area contributed by atoms with E-state index < -0.39 is 0 Å². The van der Waals surface area contributed by atoms with Crippen molar-refractivity contribution < 1.29 is 0 Å².